The van der Waals surface area contributed by atoms with E-state index in [0.29, 0.717) is 29.8 Å². The van der Waals surface area contributed by atoms with Crippen LogP contribution in [0.1, 0.15) is 41.4 Å². The Morgan fingerprint density at radius 3 is 2.72 bits per heavy atom. The molecule has 9 heteroatoms. The van der Waals surface area contributed by atoms with Gasteiger partial charge in [0.2, 0.25) is 0 Å². The van der Waals surface area contributed by atoms with Crippen LogP contribution in [0, 0.1) is 0 Å². The Morgan fingerprint density at radius 1 is 1.28 bits per heavy atom. The van der Waals surface area contributed by atoms with Crippen molar-refractivity contribution < 1.29 is 14.3 Å². The lowest BCUT2D eigenvalue weighted by molar-refractivity contribution is 0.0955. The zero-order valence-electron chi connectivity index (χ0n) is 16.9. The number of hydrogen-bond acceptors (Lipinski definition) is 9. The molecule has 29 heavy (non-hydrogen) atoms. The summed E-state index contributed by atoms with van der Waals surface area (Å²) in [5.41, 5.74) is 1.80. The smallest absolute Gasteiger partial charge is 0.188 e. The van der Waals surface area contributed by atoms with Crippen molar-refractivity contribution in [2.24, 2.45) is 0 Å². The number of phenols is 1. The predicted octanol–water partition coefficient (Wildman–Crippen LogP) is 4.06. The third-order valence-electron chi connectivity index (χ3n) is 4.31. The molecule has 154 valence electrons. The molecule has 2 heterocycles. The van der Waals surface area contributed by atoms with Gasteiger partial charge in [-0.25, -0.2) is 0 Å². The monoisotopic (exact) mass is 415 g/mol. The molecule has 3 N–H and O–H groups in total. The number of furan rings is 1. The number of anilines is 3. The Balaban J connectivity index is 1.72. The van der Waals surface area contributed by atoms with Gasteiger partial charge in [0.15, 0.2) is 17.4 Å². The highest BCUT2D eigenvalue weighted by Gasteiger charge is 2.17. The summed E-state index contributed by atoms with van der Waals surface area (Å²) in [4.78, 5) is 14.1. The number of likely N-dealkylation sites (N-methyl/N-ethyl adjacent to an activating group) is 1. The molecule has 0 bridgehead atoms. The van der Waals surface area contributed by atoms with Gasteiger partial charge in [-0.15, -0.1) is 0 Å². The van der Waals surface area contributed by atoms with Gasteiger partial charge in [-0.1, -0.05) is 19.9 Å². The molecule has 8 nitrogen and oxygen atoms in total. The first-order valence-corrected chi connectivity index (χ1v) is 9.98. The van der Waals surface area contributed by atoms with E-state index in [4.69, 9.17) is 4.42 Å². The quantitative estimate of drug-likeness (QED) is 0.355. The van der Waals surface area contributed by atoms with Gasteiger partial charge in [0.05, 0.1) is 42.3 Å². The zero-order valence-corrected chi connectivity index (χ0v) is 17.7. The first kappa shape index (κ1) is 20.8. The van der Waals surface area contributed by atoms with Crippen molar-refractivity contribution in [1.82, 2.24) is 13.6 Å². The second-order valence-electron chi connectivity index (χ2n) is 7.30. The number of nitrogens with zero attached hydrogens (tertiary/aromatic N) is 3. The molecule has 3 aromatic rings. The summed E-state index contributed by atoms with van der Waals surface area (Å²) in [6.45, 7) is 4.89. The summed E-state index contributed by atoms with van der Waals surface area (Å²) in [5, 5.41) is 16.8. The Bertz CT molecular complexity index is 980. The van der Waals surface area contributed by atoms with Gasteiger partial charge >= 0.3 is 0 Å². The molecule has 0 aliphatic heterocycles. The van der Waals surface area contributed by atoms with Crippen molar-refractivity contribution in [3.63, 3.8) is 0 Å². The van der Waals surface area contributed by atoms with Crippen molar-refractivity contribution in [3.8, 4) is 5.75 Å². The summed E-state index contributed by atoms with van der Waals surface area (Å²) in [5.74, 6) is 1.94. The second-order valence-corrected chi connectivity index (χ2v) is 7.83. The molecule has 0 aliphatic rings. The van der Waals surface area contributed by atoms with E-state index in [9.17, 15) is 9.90 Å². The summed E-state index contributed by atoms with van der Waals surface area (Å²) >= 11 is 1.04. The summed E-state index contributed by atoms with van der Waals surface area (Å²) in [7, 11) is 3.61. The topological polar surface area (TPSA) is 104 Å². The lowest BCUT2D eigenvalue weighted by Crippen LogP contribution is -2.21. The van der Waals surface area contributed by atoms with Crippen LogP contribution in [-0.4, -0.2) is 45.2 Å². The molecule has 0 aliphatic carbocycles. The van der Waals surface area contributed by atoms with E-state index in [1.807, 2.05) is 6.07 Å². The minimum Gasteiger partial charge on any atom is -0.505 e. The standard InChI is InChI=1S/C20H25N5O3S/c1-12(2)13-8-14(28-11-13)9-21-19-20(24-29-23-19)22-16-7-5-6-15(18(16)27)17(26)10-25(3)4/h5-8,11-12,27H,9-10H2,1-4H3,(H,21,23)(H,22,24). The number of para-hydroxylation sites is 1. The van der Waals surface area contributed by atoms with E-state index in [-0.39, 0.29) is 23.6 Å². The molecular weight excluding hydrogens is 390 g/mol. The number of Topliss-reactive ketones (excluding diaryl/α,β-unsaturated/α-hetero) is 1. The molecule has 0 amide bonds. The highest BCUT2D eigenvalue weighted by molar-refractivity contribution is 6.99. The molecule has 0 saturated heterocycles. The first-order chi connectivity index (χ1) is 13.8. The summed E-state index contributed by atoms with van der Waals surface area (Å²) in [6, 6.07) is 7.02. The molecule has 0 radical (unpaired) electrons. The number of phenolic OH excluding ortho intramolecular Hbond substituents is 1. The van der Waals surface area contributed by atoms with Gasteiger partial charge in [-0.05, 0) is 43.8 Å². The van der Waals surface area contributed by atoms with Crippen LogP contribution in [-0.2, 0) is 6.54 Å². The van der Waals surface area contributed by atoms with Crippen LogP contribution in [0.4, 0.5) is 17.3 Å². The number of rotatable bonds is 9. The fourth-order valence-corrected chi connectivity index (χ4v) is 3.21. The van der Waals surface area contributed by atoms with E-state index < -0.39 is 0 Å². The van der Waals surface area contributed by atoms with Crippen molar-refractivity contribution in [2.45, 2.75) is 26.3 Å². The number of aromatic nitrogens is 2. The van der Waals surface area contributed by atoms with Crippen molar-refractivity contribution in [2.75, 3.05) is 31.3 Å². The molecule has 0 unspecified atom stereocenters. The van der Waals surface area contributed by atoms with Crippen LogP contribution in [0.2, 0.25) is 0 Å². The first-order valence-electron chi connectivity index (χ1n) is 9.25. The number of aromatic hydroxyl groups is 1. The van der Waals surface area contributed by atoms with Crippen molar-refractivity contribution >= 4 is 34.8 Å². The average molecular weight is 416 g/mol. The second kappa shape index (κ2) is 9.06. The SMILES string of the molecule is CC(C)c1coc(CNc2nsnc2Nc2cccc(C(=O)CN(C)C)c2O)c1. The lowest BCUT2D eigenvalue weighted by Gasteiger charge is -2.13. The van der Waals surface area contributed by atoms with Gasteiger partial charge in [0, 0.05) is 0 Å². The molecule has 2 aromatic heterocycles. The average Bonchev–Trinajstić information content (AvgIpc) is 3.30. The molecule has 0 fully saturated rings. The van der Waals surface area contributed by atoms with Gasteiger partial charge in [-0.2, -0.15) is 8.75 Å². The normalized spacial score (nSPS) is 11.2. The zero-order chi connectivity index (χ0) is 21.0. The maximum absolute atomic E-state index is 12.3. The third kappa shape index (κ3) is 5.12. The van der Waals surface area contributed by atoms with Crippen LogP contribution in [0.5, 0.6) is 5.75 Å². The predicted molar refractivity (Wildman–Crippen MR) is 114 cm³/mol. The van der Waals surface area contributed by atoms with Crippen LogP contribution >= 0.6 is 11.7 Å². The minimum absolute atomic E-state index is 0.106. The Hall–Kier alpha value is -2.91. The van der Waals surface area contributed by atoms with Gasteiger partial charge in [-0.3, -0.25) is 4.79 Å². The number of ketones is 1. The summed E-state index contributed by atoms with van der Waals surface area (Å²) in [6.07, 6.45) is 1.76. The van der Waals surface area contributed by atoms with Gasteiger partial charge in [0.25, 0.3) is 0 Å². The number of carbonyl (C=O) groups is 1. The Morgan fingerprint density at radius 2 is 2.03 bits per heavy atom. The van der Waals surface area contributed by atoms with Gasteiger partial charge < -0.3 is 25.1 Å². The molecule has 0 atom stereocenters. The van der Waals surface area contributed by atoms with E-state index in [1.54, 1.807) is 43.5 Å². The maximum atomic E-state index is 12.3. The van der Waals surface area contributed by atoms with E-state index >= 15 is 0 Å². The number of benzene rings is 1. The highest BCUT2D eigenvalue weighted by Crippen LogP contribution is 2.32. The number of hydrogen-bond donors (Lipinski definition) is 3. The van der Waals surface area contributed by atoms with Gasteiger partial charge in [0.1, 0.15) is 11.5 Å². The highest BCUT2D eigenvalue weighted by atomic mass is 32.1. The fraction of sp³-hybridized carbons (Fsp3) is 0.350. The number of carbonyl (C=O) groups excluding carboxylic acids is 1. The third-order valence-corrected chi connectivity index (χ3v) is 4.84. The molecular formula is C20H25N5O3S. The fourth-order valence-electron chi connectivity index (χ4n) is 2.72. The minimum atomic E-state index is -0.162. The van der Waals surface area contributed by atoms with E-state index in [0.717, 1.165) is 23.1 Å². The maximum Gasteiger partial charge on any atom is 0.188 e. The van der Waals surface area contributed by atoms with E-state index in [2.05, 4.69) is 33.2 Å². The Labute approximate surface area is 173 Å². The molecule has 1 aromatic carbocycles. The van der Waals surface area contributed by atoms with Crippen molar-refractivity contribution in [1.29, 1.82) is 0 Å². The van der Waals surface area contributed by atoms with Crippen LogP contribution in [0.15, 0.2) is 34.9 Å². The molecule has 0 spiro atoms. The molecule has 0 saturated carbocycles. The van der Waals surface area contributed by atoms with Crippen LogP contribution in [0.3, 0.4) is 0 Å². The van der Waals surface area contributed by atoms with Crippen LogP contribution in [0.25, 0.3) is 0 Å². The van der Waals surface area contributed by atoms with Crippen molar-refractivity contribution in [3.05, 3.63) is 47.4 Å². The van der Waals surface area contributed by atoms with Crippen LogP contribution < -0.4 is 10.6 Å². The molecule has 3 rings (SSSR count). The number of nitrogens with one attached hydrogen (secondary N) is 2. The van der Waals surface area contributed by atoms with E-state index in [1.165, 1.54) is 0 Å². The summed E-state index contributed by atoms with van der Waals surface area (Å²) < 4.78 is 14.1. The Kier molecular flexibility index (Phi) is 6.50. The largest absolute Gasteiger partial charge is 0.505 e. The lowest BCUT2D eigenvalue weighted by atomic mass is 10.1.